The van der Waals surface area contributed by atoms with E-state index < -0.39 is 0 Å². The van der Waals surface area contributed by atoms with Crippen LogP contribution in [0, 0.1) is 0 Å². The van der Waals surface area contributed by atoms with E-state index in [1.807, 2.05) is 6.07 Å². The summed E-state index contributed by atoms with van der Waals surface area (Å²) in [6, 6.07) is 5.31. The number of thiol groups is 1. The van der Waals surface area contributed by atoms with E-state index >= 15 is 0 Å². The summed E-state index contributed by atoms with van der Waals surface area (Å²) in [6.07, 6.45) is 3.12. The Hall–Kier alpha value is -0.480. The lowest BCUT2D eigenvalue weighted by Gasteiger charge is -2.06. The van der Waals surface area contributed by atoms with Gasteiger partial charge in [0.05, 0.1) is 12.2 Å². The van der Waals surface area contributed by atoms with Crippen molar-refractivity contribution in [3.8, 4) is 0 Å². The first kappa shape index (κ1) is 13.6. The van der Waals surface area contributed by atoms with Crippen molar-refractivity contribution in [2.24, 2.45) is 0 Å². The highest BCUT2D eigenvalue weighted by atomic mass is 79.9. The molecule has 0 aromatic heterocycles. The first-order valence-corrected chi connectivity index (χ1v) is 6.54. The molecule has 0 aliphatic heterocycles. The van der Waals surface area contributed by atoms with E-state index in [4.69, 9.17) is 4.74 Å². The zero-order valence-corrected chi connectivity index (χ0v) is 11.7. The second-order valence-corrected chi connectivity index (χ2v) is 4.90. The fraction of sp³-hybridized carbons (Fsp3) is 0.417. The van der Waals surface area contributed by atoms with Crippen molar-refractivity contribution in [1.82, 2.24) is 0 Å². The molecule has 0 bridgehead atoms. The summed E-state index contributed by atoms with van der Waals surface area (Å²) in [5, 5.41) is 0. The zero-order chi connectivity index (χ0) is 12.0. The van der Waals surface area contributed by atoms with Gasteiger partial charge in [-0.1, -0.05) is 35.7 Å². The second kappa shape index (κ2) is 6.97. The SMILES string of the molecule is CCCCCOC(=O)c1ccc(Br)cc1S. The summed E-state index contributed by atoms with van der Waals surface area (Å²) in [5.74, 6) is -0.298. The van der Waals surface area contributed by atoms with Crippen molar-refractivity contribution in [1.29, 1.82) is 0 Å². The number of hydrogen-bond acceptors (Lipinski definition) is 3. The Labute approximate surface area is 110 Å². The molecule has 0 fully saturated rings. The summed E-state index contributed by atoms with van der Waals surface area (Å²) < 4.78 is 6.05. The maximum absolute atomic E-state index is 11.7. The van der Waals surface area contributed by atoms with Crippen LogP contribution in [-0.2, 0) is 4.74 Å². The Balaban J connectivity index is 2.53. The smallest absolute Gasteiger partial charge is 0.339 e. The third-order valence-corrected chi connectivity index (χ3v) is 3.02. The molecule has 0 heterocycles. The predicted molar refractivity (Wildman–Crippen MR) is 71.2 cm³/mol. The molecule has 1 rings (SSSR count). The third kappa shape index (κ3) is 4.18. The minimum absolute atomic E-state index is 0.298. The third-order valence-electron chi connectivity index (χ3n) is 2.16. The van der Waals surface area contributed by atoms with Crippen LogP contribution in [-0.4, -0.2) is 12.6 Å². The Morgan fingerprint density at radius 3 is 2.81 bits per heavy atom. The van der Waals surface area contributed by atoms with Gasteiger partial charge in [0.2, 0.25) is 0 Å². The minimum atomic E-state index is -0.298. The number of hydrogen-bond donors (Lipinski definition) is 1. The van der Waals surface area contributed by atoms with E-state index in [0.717, 1.165) is 23.7 Å². The van der Waals surface area contributed by atoms with Crippen molar-refractivity contribution in [2.75, 3.05) is 6.61 Å². The average molecular weight is 303 g/mol. The van der Waals surface area contributed by atoms with Crippen molar-refractivity contribution >= 4 is 34.5 Å². The molecule has 0 N–H and O–H groups in total. The Morgan fingerprint density at radius 1 is 1.44 bits per heavy atom. The number of esters is 1. The molecular formula is C12H15BrO2S. The van der Waals surface area contributed by atoms with E-state index in [1.54, 1.807) is 12.1 Å². The Bertz CT molecular complexity index is 366. The van der Waals surface area contributed by atoms with Gasteiger partial charge in [-0.2, -0.15) is 0 Å². The van der Waals surface area contributed by atoms with Crippen LogP contribution in [0.4, 0.5) is 0 Å². The molecule has 0 atom stereocenters. The Morgan fingerprint density at radius 2 is 2.19 bits per heavy atom. The molecule has 2 nitrogen and oxygen atoms in total. The summed E-state index contributed by atoms with van der Waals surface area (Å²) in [6.45, 7) is 2.60. The monoisotopic (exact) mass is 302 g/mol. The van der Waals surface area contributed by atoms with Gasteiger partial charge < -0.3 is 4.74 Å². The van der Waals surface area contributed by atoms with Gasteiger partial charge >= 0.3 is 5.97 Å². The molecule has 0 aliphatic rings. The van der Waals surface area contributed by atoms with Gasteiger partial charge in [-0.3, -0.25) is 0 Å². The van der Waals surface area contributed by atoms with Crippen molar-refractivity contribution < 1.29 is 9.53 Å². The van der Waals surface area contributed by atoms with Gasteiger partial charge in [-0.05, 0) is 24.6 Å². The lowest BCUT2D eigenvalue weighted by atomic mass is 10.2. The number of carbonyl (C=O) groups excluding carboxylic acids is 1. The summed E-state index contributed by atoms with van der Waals surface area (Å²) in [7, 11) is 0. The highest BCUT2D eigenvalue weighted by Crippen LogP contribution is 2.20. The van der Waals surface area contributed by atoms with Crippen molar-refractivity contribution in [2.45, 2.75) is 31.1 Å². The first-order chi connectivity index (χ1) is 7.65. The van der Waals surface area contributed by atoms with Crippen LogP contribution in [0.5, 0.6) is 0 Å². The number of benzene rings is 1. The molecule has 0 radical (unpaired) electrons. The maximum Gasteiger partial charge on any atom is 0.339 e. The van der Waals surface area contributed by atoms with Crippen LogP contribution in [0.3, 0.4) is 0 Å². The largest absolute Gasteiger partial charge is 0.462 e. The van der Waals surface area contributed by atoms with Gasteiger partial charge in [0.1, 0.15) is 0 Å². The van der Waals surface area contributed by atoms with Crippen LogP contribution in [0.15, 0.2) is 27.6 Å². The lowest BCUT2D eigenvalue weighted by Crippen LogP contribution is -2.07. The highest BCUT2D eigenvalue weighted by molar-refractivity contribution is 9.10. The predicted octanol–water partition coefficient (Wildman–Crippen LogP) is 4.08. The number of halogens is 1. The Kier molecular flexibility index (Phi) is 5.91. The molecule has 4 heteroatoms. The topological polar surface area (TPSA) is 26.3 Å². The normalized spacial score (nSPS) is 10.2. The summed E-state index contributed by atoms with van der Waals surface area (Å²) >= 11 is 7.56. The van der Waals surface area contributed by atoms with Crippen LogP contribution in [0.1, 0.15) is 36.5 Å². The molecule has 0 amide bonds. The molecular weight excluding hydrogens is 288 g/mol. The average Bonchev–Trinajstić information content (AvgIpc) is 2.24. The zero-order valence-electron chi connectivity index (χ0n) is 9.20. The second-order valence-electron chi connectivity index (χ2n) is 3.50. The van der Waals surface area contributed by atoms with Crippen LogP contribution in [0.2, 0.25) is 0 Å². The number of ether oxygens (including phenoxy) is 1. The molecule has 0 saturated carbocycles. The summed E-state index contributed by atoms with van der Waals surface area (Å²) in [4.78, 5) is 12.3. The van der Waals surface area contributed by atoms with Crippen LogP contribution >= 0.6 is 28.6 Å². The minimum Gasteiger partial charge on any atom is -0.462 e. The van der Waals surface area contributed by atoms with Gasteiger partial charge in [-0.15, -0.1) is 12.6 Å². The van der Waals surface area contributed by atoms with Gasteiger partial charge in [0.25, 0.3) is 0 Å². The molecule has 0 spiro atoms. The molecule has 88 valence electrons. The van der Waals surface area contributed by atoms with Gasteiger partial charge in [-0.25, -0.2) is 4.79 Å². The summed E-state index contributed by atoms with van der Waals surface area (Å²) in [5.41, 5.74) is 0.517. The standard InChI is InChI=1S/C12H15BrO2S/c1-2-3-4-7-15-12(14)10-6-5-9(13)8-11(10)16/h5-6,8,16H,2-4,7H2,1H3. The van der Waals surface area contributed by atoms with E-state index in [1.165, 1.54) is 0 Å². The van der Waals surface area contributed by atoms with E-state index in [2.05, 4.69) is 35.5 Å². The fourth-order valence-electron chi connectivity index (χ4n) is 1.27. The number of rotatable bonds is 5. The van der Waals surface area contributed by atoms with E-state index in [0.29, 0.717) is 17.1 Å². The molecule has 0 unspecified atom stereocenters. The molecule has 1 aromatic rings. The van der Waals surface area contributed by atoms with Gasteiger partial charge in [0, 0.05) is 9.37 Å². The maximum atomic E-state index is 11.7. The number of unbranched alkanes of at least 4 members (excludes halogenated alkanes) is 2. The van der Waals surface area contributed by atoms with Gasteiger partial charge in [0.15, 0.2) is 0 Å². The van der Waals surface area contributed by atoms with Crippen molar-refractivity contribution in [3.05, 3.63) is 28.2 Å². The van der Waals surface area contributed by atoms with E-state index in [-0.39, 0.29) is 5.97 Å². The van der Waals surface area contributed by atoms with Crippen LogP contribution < -0.4 is 0 Å². The molecule has 16 heavy (non-hydrogen) atoms. The quantitative estimate of drug-likeness (QED) is 0.504. The molecule has 1 aromatic carbocycles. The van der Waals surface area contributed by atoms with Crippen LogP contribution in [0.25, 0.3) is 0 Å². The lowest BCUT2D eigenvalue weighted by molar-refractivity contribution is 0.0494. The van der Waals surface area contributed by atoms with E-state index in [9.17, 15) is 4.79 Å². The first-order valence-electron chi connectivity index (χ1n) is 5.30. The highest BCUT2D eigenvalue weighted by Gasteiger charge is 2.10. The number of carbonyl (C=O) groups is 1. The fourth-order valence-corrected chi connectivity index (χ4v) is 2.11. The van der Waals surface area contributed by atoms with Crippen molar-refractivity contribution in [3.63, 3.8) is 0 Å². The molecule has 0 aliphatic carbocycles. The molecule has 0 saturated heterocycles.